The first-order valence-corrected chi connectivity index (χ1v) is 5.40. The standard InChI is InChI=1S/C10H20N2O2/c11-6-2-5-10(14)12-8-3-1-4-9(13)7-8/h8-9,13H,1-7,11H2,(H,12,14). The molecule has 1 fully saturated rings. The van der Waals surface area contributed by atoms with Gasteiger partial charge in [-0.3, -0.25) is 4.79 Å². The van der Waals surface area contributed by atoms with Crippen molar-refractivity contribution in [3.8, 4) is 0 Å². The molecule has 0 aliphatic heterocycles. The Morgan fingerprint density at radius 2 is 2.29 bits per heavy atom. The molecule has 14 heavy (non-hydrogen) atoms. The zero-order valence-electron chi connectivity index (χ0n) is 8.54. The van der Waals surface area contributed by atoms with Crippen molar-refractivity contribution < 1.29 is 9.90 Å². The summed E-state index contributed by atoms with van der Waals surface area (Å²) >= 11 is 0. The third-order valence-electron chi connectivity index (χ3n) is 2.62. The maximum Gasteiger partial charge on any atom is 0.220 e. The Morgan fingerprint density at radius 1 is 1.50 bits per heavy atom. The van der Waals surface area contributed by atoms with E-state index in [0.29, 0.717) is 19.4 Å². The number of rotatable bonds is 4. The van der Waals surface area contributed by atoms with Gasteiger partial charge in [-0.05, 0) is 38.6 Å². The van der Waals surface area contributed by atoms with Gasteiger partial charge in [0.1, 0.15) is 0 Å². The molecule has 2 atom stereocenters. The molecule has 82 valence electrons. The fraction of sp³-hybridized carbons (Fsp3) is 0.900. The molecule has 1 saturated carbocycles. The van der Waals surface area contributed by atoms with Crippen LogP contribution in [0.3, 0.4) is 0 Å². The summed E-state index contributed by atoms with van der Waals surface area (Å²) < 4.78 is 0. The quantitative estimate of drug-likeness (QED) is 0.604. The van der Waals surface area contributed by atoms with E-state index in [1.54, 1.807) is 0 Å². The molecule has 0 saturated heterocycles. The van der Waals surface area contributed by atoms with Gasteiger partial charge in [0.25, 0.3) is 0 Å². The van der Waals surface area contributed by atoms with Crippen molar-refractivity contribution in [2.45, 2.75) is 50.7 Å². The minimum absolute atomic E-state index is 0.0644. The zero-order valence-corrected chi connectivity index (χ0v) is 8.54. The van der Waals surface area contributed by atoms with E-state index < -0.39 is 0 Å². The average molecular weight is 200 g/mol. The van der Waals surface area contributed by atoms with Crippen LogP contribution in [0.25, 0.3) is 0 Å². The number of hydrogen-bond acceptors (Lipinski definition) is 3. The van der Waals surface area contributed by atoms with E-state index in [-0.39, 0.29) is 18.1 Å². The van der Waals surface area contributed by atoms with Crippen LogP contribution in [0, 0.1) is 0 Å². The van der Waals surface area contributed by atoms with Crippen LogP contribution in [0.4, 0.5) is 0 Å². The number of carbonyl (C=O) groups excluding carboxylic acids is 1. The number of amides is 1. The van der Waals surface area contributed by atoms with Crippen molar-refractivity contribution in [1.29, 1.82) is 0 Å². The third kappa shape index (κ3) is 4.07. The lowest BCUT2D eigenvalue weighted by molar-refractivity contribution is -0.122. The highest BCUT2D eigenvalue weighted by atomic mass is 16.3. The van der Waals surface area contributed by atoms with Gasteiger partial charge in [-0.25, -0.2) is 0 Å². The lowest BCUT2D eigenvalue weighted by Crippen LogP contribution is -2.39. The van der Waals surface area contributed by atoms with Crippen molar-refractivity contribution in [2.24, 2.45) is 5.73 Å². The molecular formula is C10H20N2O2. The van der Waals surface area contributed by atoms with E-state index >= 15 is 0 Å². The highest BCUT2D eigenvalue weighted by Gasteiger charge is 2.20. The number of nitrogens with one attached hydrogen (secondary N) is 1. The highest BCUT2D eigenvalue weighted by Crippen LogP contribution is 2.18. The maximum atomic E-state index is 11.3. The fourth-order valence-corrected chi connectivity index (χ4v) is 1.86. The fourth-order valence-electron chi connectivity index (χ4n) is 1.86. The number of aliphatic hydroxyl groups excluding tert-OH is 1. The summed E-state index contributed by atoms with van der Waals surface area (Å²) in [6.07, 6.45) is 4.57. The van der Waals surface area contributed by atoms with Crippen LogP contribution in [0.2, 0.25) is 0 Å². The Bertz CT molecular complexity index is 185. The monoisotopic (exact) mass is 200 g/mol. The smallest absolute Gasteiger partial charge is 0.220 e. The Hall–Kier alpha value is -0.610. The first-order chi connectivity index (χ1) is 6.72. The molecule has 4 N–H and O–H groups in total. The van der Waals surface area contributed by atoms with Crippen molar-refractivity contribution >= 4 is 5.91 Å². The van der Waals surface area contributed by atoms with Crippen LogP contribution >= 0.6 is 0 Å². The molecule has 0 radical (unpaired) electrons. The largest absolute Gasteiger partial charge is 0.393 e. The topological polar surface area (TPSA) is 75.4 Å². The van der Waals surface area contributed by atoms with Crippen molar-refractivity contribution in [3.63, 3.8) is 0 Å². The summed E-state index contributed by atoms with van der Waals surface area (Å²) in [5.41, 5.74) is 5.31. The van der Waals surface area contributed by atoms with Gasteiger partial charge in [-0.2, -0.15) is 0 Å². The maximum absolute atomic E-state index is 11.3. The summed E-state index contributed by atoms with van der Waals surface area (Å²) in [5.74, 6) is 0.0644. The number of hydrogen-bond donors (Lipinski definition) is 3. The van der Waals surface area contributed by atoms with E-state index in [1.165, 1.54) is 0 Å². The molecule has 0 aromatic carbocycles. The van der Waals surface area contributed by atoms with Crippen molar-refractivity contribution in [1.82, 2.24) is 5.32 Å². The van der Waals surface area contributed by atoms with E-state index in [2.05, 4.69) is 5.32 Å². The van der Waals surface area contributed by atoms with Crippen molar-refractivity contribution in [2.75, 3.05) is 6.54 Å². The van der Waals surface area contributed by atoms with Gasteiger partial charge in [0.05, 0.1) is 6.10 Å². The lowest BCUT2D eigenvalue weighted by Gasteiger charge is -2.26. The normalized spacial score (nSPS) is 27.3. The summed E-state index contributed by atoms with van der Waals surface area (Å²) in [7, 11) is 0. The summed E-state index contributed by atoms with van der Waals surface area (Å²) in [6, 6.07) is 0.170. The van der Waals surface area contributed by atoms with Gasteiger partial charge in [-0.15, -0.1) is 0 Å². The van der Waals surface area contributed by atoms with Crippen LogP contribution in [0.15, 0.2) is 0 Å². The number of aliphatic hydroxyl groups is 1. The first kappa shape index (κ1) is 11.5. The molecule has 1 aliphatic carbocycles. The second kappa shape index (κ2) is 5.98. The van der Waals surface area contributed by atoms with E-state index in [9.17, 15) is 9.90 Å². The number of carbonyl (C=O) groups is 1. The number of nitrogens with two attached hydrogens (primary N) is 1. The van der Waals surface area contributed by atoms with Gasteiger partial charge in [0, 0.05) is 12.5 Å². The third-order valence-corrected chi connectivity index (χ3v) is 2.62. The van der Waals surface area contributed by atoms with Crippen LogP contribution in [-0.4, -0.2) is 29.7 Å². The predicted octanol–water partition coefficient (Wildman–Crippen LogP) is 0.145. The average Bonchev–Trinajstić information content (AvgIpc) is 2.15. The summed E-state index contributed by atoms with van der Waals surface area (Å²) in [5, 5.41) is 12.3. The molecule has 1 amide bonds. The first-order valence-electron chi connectivity index (χ1n) is 5.40. The molecule has 2 unspecified atom stereocenters. The van der Waals surface area contributed by atoms with E-state index in [4.69, 9.17) is 5.73 Å². The summed E-state index contributed by atoms with van der Waals surface area (Å²) in [6.45, 7) is 0.556. The molecule has 0 aromatic rings. The second-order valence-electron chi connectivity index (χ2n) is 3.98. The molecular weight excluding hydrogens is 180 g/mol. The molecule has 1 rings (SSSR count). The second-order valence-corrected chi connectivity index (χ2v) is 3.98. The van der Waals surface area contributed by atoms with Gasteiger partial charge < -0.3 is 16.2 Å². The molecule has 0 bridgehead atoms. The molecule has 0 aromatic heterocycles. The van der Waals surface area contributed by atoms with Gasteiger partial charge in [0.2, 0.25) is 5.91 Å². The predicted molar refractivity (Wildman–Crippen MR) is 54.7 cm³/mol. The molecule has 0 spiro atoms. The van der Waals surface area contributed by atoms with Gasteiger partial charge in [0.15, 0.2) is 0 Å². The van der Waals surface area contributed by atoms with E-state index in [1.807, 2.05) is 0 Å². The molecule has 1 aliphatic rings. The summed E-state index contributed by atoms with van der Waals surface area (Å²) in [4.78, 5) is 11.3. The zero-order chi connectivity index (χ0) is 10.4. The minimum Gasteiger partial charge on any atom is -0.393 e. The van der Waals surface area contributed by atoms with E-state index in [0.717, 1.165) is 25.7 Å². The lowest BCUT2D eigenvalue weighted by atomic mass is 9.93. The Labute approximate surface area is 84.9 Å². The highest BCUT2D eigenvalue weighted by molar-refractivity contribution is 5.76. The Morgan fingerprint density at radius 3 is 2.93 bits per heavy atom. The van der Waals surface area contributed by atoms with Crippen LogP contribution < -0.4 is 11.1 Å². The van der Waals surface area contributed by atoms with Crippen LogP contribution in [0.1, 0.15) is 38.5 Å². The Balaban J connectivity index is 2.18. The Kier molecular flexibility index (Phi) is 4.90. The molecule has 0 heterocycles. The van der Waals surface area contributed by atoms with Gasteiger partial charge >= 0.3 is 0 Å². The van der Waals surface area contributed by atoms with Crippen LogP contribution in [-0.2, 0) is 4.79 Å². The SMILES string of the molecule is NCCCC(=O)NC1CCCC(O)C1. The van der Waals surface area contributed by atoms with Crippen LogP contribution in [0.5, 0.6) is 0 Å². The molecule has 4 nitrogen and oxygen atoms in total. The minimum atomic E-state index is -0.233. The van der Waals surface area contributed by atoms with Gasteiger partial charge in [-0.1, -0.05) is 0 Å². The molecule has 4 heteroatoms. The van der Waals surface area contributed by atoms with Crippen molar-refractivity contribution in [3.05, 3.63) is 0 Å².